The average molecular weight is 348 g/mol. The highest BCUT2D eigenvalue weighted by Crippen LogP contribution is 2.48. The van der Waals surface area contributed by atoms with Gasteiger partial charge in [-0.2, -0.15) is 0 Å². The molecule has 0 aromatic heterocycles. The van der Waals surface area contributed by atoms with Gasteiger partial charge in [-0.1, -0.05) is 48.5 Å². The van der Waals surface area contributed by atoms with Gasteiger partial charge in [-0.15, -0.1) is 0 Å². The van der Waals surface area contributed by atoms with E-state index in [0.717, 1.165) is 22.3 Å². The molecule has 0 saturated heterocycles. The lowest BCUT2D eigenvalue weighted by atomic mass is 9.98. The summed E-state index contributed by atoms with van der Waals surface area (Å²) in [5.74, 6) is -1.40. The molecule has 130 valence electrons. The summed E-state index contributed by atoms with van der Waals surface area (Å²) >= 11 is 0. The second-order valence-electron chi connectivity index (χ2n) is 6.65. The molecule has 4 rings (SSSR count). The van der Waals surface area contributed by atoms with E-state index in [1.807, 2.05) is 42.5 Å². The monoisotopic (exact) mass is 348 g/mol. The number of halogens is 1. The number of aliphatic carboxylic acids is 1. The summed E-state index contributed by atoms with van der Waals surface area (Å²) in [5, 5.41) is 18.4. The van der Waals surface area contributed by atoms with Gasteiger partial charge < -0.3 is 10.2 Å². The Kier molecular flexibility index (Phi) is 3.96. The van der Waals surface area contributed by atoms with Crippen LogP contribution in [0.1, 0.15) is 17.9 Å². The third-order valence-corrected chi connectivity index (χ3v) is 4.93. The second kappa shape index (κ2) is 6.30. The second-order valence-corrected chi connectivity index (χ2v) is 6.65. The Bertz CT molecular complexity index is 962. The number of rotatable bonds is 4. The van der Waals surface area contributed by atoms with E-state index in [-0.39, 0.29) is 23.4 Å². The first-order valence-corrected chi connectivity index (χ1v) is 8.45. The van der Waals surface area contributed by atoms with Gasteiger partial charge in [-0.25, -0.2) is 4.39 Å². The Morgan fingerprint density at radius 3 is 2.00 bits per heavy atom. The summed E-state index contributed by atoms with van der Waals surface area (Å²) in [4.78, 5) is 11.0. The molecular formula is C22H17FO3. The number of benzene rings is 3. The Hall–Kier alpha value is -3.14. The summed E-state index contributed by atoms with van der Waals surface area (Å²) < 4.78 is 14.5. The van der Waals surface area contributed by atoms with Gasteiger partial charge >= 0.3 is 5.97 Å². The number of phenols is 1. The number of carbonyl (C=O) groups is 1. The van der Waals surface area contributed by atoms with E-state index in [4.69, 9.17) is 5.11 Å². The fourth-order valence-corrected chi connectivity index (χ4v) is 3.33. The summed E-state index contributed by atoms with van der Waals surface area (Å²) in [6, 6.07) is 19.5. The summed E-state index contributed by atoms with van der Waals surface area (Å²) in [7, 11) is 0. The number of aromatic hydroxyl groups is 1. The zero-order valence-corrected chi connectivity index (χ0v) is 13.9. The highest BCUT2D eigenvalue weighted by Gasteiger charge is 2.44. The minimum atomic E-state index is -0.815. The molecule has 1 saturated carbocycles. The van der Waals surface area contributed by atoms with Crippen LogP contribution in [0.4, 0.5) is 4.39 Å². The maximum atomic E-state index is 14.5. The minimum absolute atomic E-state index is 0.0760. The number of carboxylic acids is 1. The molecule has 2 atom stereocenters. The van der Waals surface area contributed by atoms with Crippen molar-refractivity contribution < 1.29 is 19.4 Å². The van der Waals surface area contributed by atoms with Gasteiger partial charge in [0.25, 0.3) is 0 Å². The normalized spacial score (nSPS) is 18.5. The van der Waals surface area contributed by atoms with Crippen LogP contribution in [-0.2, 0) is 4.79 Å². The molecule has 3 nitrogen and oxygen atoms in total. The fourth-order valence-electron chi connectivity index (χ4n) is 3.33. The van der Waals surface area contributed by atoms with Crippen molar-refractivity contribution in [2.24, 2.45) is 5.92 Å². The Labute approximate surface area is 150 Å². The Morgan fingerprint density at radius 2 is 1.46 bits per heavy atom. The van der Waals surface area contributed by atoms with E-state index in [9.17, 15) is 14.3 Å². The zero-order valence-electron chi connectivity index (χ0n) is 13.9. The van der Waals surface area contributed by atoms with Gasteiger partial charge in [-0.05, 0) is 52.8 Å². The van der Waals surface area contributed by atoms with Crippen LogP contribution in [0.3, 0.4) is 0 Å². The van der Waals surface area contributed by atoms with Gasteiger partial charge in [0.2, 0.25) is 0 Å². The van der Waals surface area contributed by atoms with Gasteiger partial charge in [-0.3, -0.25) is 4.79 Å². The van der Waals surface area contributed by atoms with E-state index in [1.54, 1.807) is 18.2 Å². The molecule has 26 heavy (non-hydrogen) atoms. The molecular weight excluding hydrogens is 331 g/mol. The number of carboxylic acid groups (broad SMARTS) is 1. The van der Waals surface area contributed by atoms with Crippen molar-refractivity contribution in [3.8, 4) is 28.0 Å². The van der Waals surface area contributed by atoms with E-state index >= 15 is 0 Å². The maximum Gasteiger partial charge on any atom is 0.307 e. The van der Waals surface area contributed by atoms with Gasteiger partial charge in [0.1, 0.15) is 11.6 Å². The molecule has 2 unspecified atom stereocenters. The standard InChI is InChI=1S/C22H17FO3/c23-21-11-16(19-12-20(19)22(25)26)7-10-18(21)15-3-1-13(2-4-15)14-5-8-17(24)9-6-14/h1-11,19-20,24H,12H2,(H,25,26). The lowest BCUT2D eigenvalue weighted by molar-refractivity contribution is -0.138. The van der Waals surface area contributed by atoms with Crippen LogP contribution >= 0.6 is 0 Å². The molecule has 1 aliphatic carbocycles. The zero-order chi connectivity index (χ0) is 18.3. The molecule has 0 aliphatic heterocycles. The van der Waals surface area contributed by atoms with Crippen LogP contribution in [0.25, 0.3) is 22.3 Å². The van der Waals surface area contributed by atoms with E-state index in [2.05, 4.69) is 0 Å². The molecule has 0 bridgehead atoms. The lowest BCUT2D eigenvalue weighted by Gasteiger charge is -2.08. The first kappa shape index (κ1) is 16.3. The van der Waals surface area contributed by atoms with Crippen molar-refractivity contribution in [1.29, 1.82) is 0 Å². The number of hydrogen-bond acceptors (Lipinski definition) is 2. The van der Waals surface area contributed by atoms with E-state index in [1.165, 1.54) is 6.07 Å². The van der Waals surface area contributed by atoms with E-state index < -0.39 is 5.97 Å². The largest absolute Gasteiger partial charge is 0.508 e. The van der Waals surface area contributed by atoms with Crippen molar-refractivity contribution in [3.05, 3.63) is 78.1 Å². The van der Waals surface area contributed by atoms with Crippen LogP contribution in [0.5, 0.6) is 5.75 Å². The summed E-state index contributed by atoms with van der Waals surface area (Å²) in [5.41, 5.74) is 3.96. The van der Waals surface area contributed by atoms with Crippen molar-refractivity contribution in [2.45, 2.75) is 12.3 Å². The van der Waals surface area contributed by atoms with Crippen LogP contribution in [0.2, 0.25) is 0 Å². The molecule has 0 radical (unpaired) electrons. The Morgan fingerprint density at radius 1 is 0.885 bits per heavy atom. The third kappa shape index (κ3) is 3.06. The molecule has 4 heteroatoms. The number of phenolic OH excluding ortho intramolecular Hbond substituents is 1. The highest BCUT2D eigenvalue weighted by atomic mass is 19.1. The van der Waals surface area contributed by atoms with Crippen LogP contribution in [0, 0.1) is 11.7 Å². The van der Waals surface area contributed by atoms with Crippen LogP contribution < -0.4 is 0 Å². The quantitative estimate of drug-likeness (QED) is 0.693. The van der Waals surface area contributed by atoms with Gasteiger partial charge in [0.15, 0.2) is 0 Å². The maximum absolute atomic E-state index is 14.5. The van der Waals surface area contributed by atoms with Crippen LogP contribution in [0.15, 0.2) is 66.7 Å². The smallest absolute Gasteiger partial charge is 0.307 e. The molecule has 2 N–H and O–H groups in total. The number of hydrogen-bond donors (Lipinski definition) is 2. The predicted octanol–water partition coefficient (Wildman–Crippen LogP) is 5.05. The first-order chi connectivity index (χ1) is 12.5. The van der Waals surface area contributed by atoms with Crippen molar-refractivity contribution >= 4 is 5.97 Å². The summed E-state index contributed by atoms with van der Waals surface area (Å²) in [6.07, 6.45) is 0.579. The van der Waals surface area contributed by atoms with Crippen molar-refractivity contribution in [3.63, 3.8) is 0 Å². The van der Waals surface area contributed by atoms with Gasteiger partial charge in [0.05, 0.1) is 5.92 Å². The molecule has 1 fully saturated rings. The van der Waals surface area contributed by atoms with Crippen molar-refractivity contribution in [1.82, 2.24) is 0 Å². The molecule has 0 amide bonds. The fraction of sp³-hybridized carbons (Fsp3) is 0.136. The minimum Gasteiger partial charge on any atom is -0.508 e. The van der Waals surface area contributed by atoms with Crippen molar-refractivity contribution in [2.75, 3.05) is 0 Å². The molecule has 1 aliphatic rings. The average Bonchev–Trinajstić information content (AvgIpc) is 3.44. The molecule has 3 aromatic carbocycles. The third-order valence-electron chi connectivity index (χ3n) is 4.93. The molecule has 0 spiro atoms. The topological polar surface area (TPSA) is 57.5 Å². The lowest BCUT2D eigenvalue weighted by Crippen LogP contribution is -1.99. The van der Waals surface area contributed by atoms with Gasteiger partial charge in [0, 0.05) is 5.56 Å². The summed E-state index contributed by atoms with van der Waals surface area (Å²) in [6.45, 7) is 0. The van der Waals surface area contributed by atoms with Crippen LogP contribution in [-0.4, -0.2) is 16.2 Å². The molecule has 0 heterocycles. The predicted molar refractivity (Wildman–Crippen MR) is 97.4 cm³/mol. The highest BCUT2D eigenvalue weighted by molar-refractivity contribution is 5.76. The SMILES string of the molecule is O=C(O)C1CC1c1ccc(-c2ccc(-c3ccc(O)cc3)cc2)c(F)c1. The Balaban J connectivity index is 1.58. The first-order valence-electron chi connectivity index (χ1n) is 8.45. The molecule has 3 aromatic rings. The van der Waals surface area contributed by atoms with E-state index in [0.29, 0.717) is 12.0 Å².